The van der Waals surface area contributed by atoms with Gasteiger partial charge < -0.3 is 10.6 Å². The first-order valence-electron chi connectivity index (χ1n) is 5.47. The van der Waals surface area contributed by atoms with Crippen molar-refractivity contribution >= 4 is 22.3 Å². The number of aromatic nitrogens is 1. The van der Waals surface area contributed by atoms with E-state index in [2.05, 4.69) is 30.8 Å². The summed E-state index contributed by atoms with van der Waals surface area (Å²) in [5.74, 6) is 0. The van der Waals surface area contributed by atoms with Crippen LogP contribution in [0.25, 0.3) is 10.9 Å². The highest BCUT2D eigenvalue weighted by molar-refractivity contribution is 5.97. The van der Waals surface area contributed by atoms with E-state index in [4.69, 9.17) is 5.73 Å². The second-order valence-corrected chi connectivity index (χ2v) is 4.27. The molecule has 0 radical (unpaired) electrons. The molecule has 3 nitrogen and oxygen atoms in total. The summed E-state index contributed by atoms with van der Waals surface area (Å²) in [7, 11) is 2.05. The Balaban J connectivity index is 2.61. The molecule has 0 unspecified atom stereocenters. The van der Waals surface area contributed by atoms with Gasteiger partial charge in [0, 0.05) is 24.7 Å². The molecule has 0 spiro atoms. The molecule has 1 aromatic carbocycles. The van der Waals surface area contributed by atoms with Crippen molar-refractivity contribution in [2.24, 2.45) is 0 Å². The monoisotopic (exact) mass is 215 g/mol. The molecular formula is C13H17N3. The summed E-state index contributed by atoms with van der Waals surface area (Å²) in [4.78, 5) is 6.46. The summed E-state index contributed by atoms with van der Waals surface area (Å²) in [6.07, 6.45) is 1.79. The van der Waals surface area contributed by atoms with Crippen LogP contribution >= 0.6 is 0 Å². The first-order valence-corrected chi connectivity index (χ1v) is 5.47. The third kappa shape index (κ3) is 1.69. The number of nitrogens with two attached hydrogens (primary N) is 1. The van der Waals surface area contributed by atoms with Crippen LogP contribution in [-0.2, 0) is 0 Å². The van der Waals surface area contributed by atoms with Gasteiger partial charge in [-0.15, -0.1) is 0 Å². The summed E-state index contributed by atoms with van der Waals surface area (Å²) < 4.78 is 0. The Labute approximate surface area is 95.9 Å². The molecule has 1 heterocycles. The van der Waals surface area contributed by atoms with Gasteiger partial charge in [-0.05, 0) is 38.1 Å². The second-order valence-electron chi connectivity index (χ2n) is 4.27. The minimum absolute atomic E-state index is 0.427. The maximum atomic E-state index is 6.18. The maximum Gasteiger partial charge on any atom is 0.0724 e. The van der Waals surface area contributed by atoms with Crippen molar-refractivity contribution in [3.8, 4) is 0 Å². The fraction of sp³-hybridized carbons (Fsp3) is 0.308. The Morgan fingerprint density at radius 2 is 2.00 bits per heavy atom. The van der Waals surface area contributed by atoms with Crippen LogP contribution in [0.15, 0.2) is 30.5 Å². The number of nitrogens with zero attached hydrogens (tertiary/aromatic N) is 2. The highest BCUT2D eigenvalue weighted by Gasteiger charge is 2.10. The summed E-state index contributed by atoms with van der Waals surface area (Å²) in [5.41, 5.74) is 8.99. The number of rotatable bonds is 2. The van der Waals surface area contributed by atoms with Gasteiger partial charge in [0.1, 0.15) is 0 Å². The number of nitrogen functional groups attached to an aromatic ring is 1. The average molecular weight is 215 g/mol. The van der Waals surface area contributed by atoms with Crippen LogP contribution in [0.4, 0.5) is 11.4 Å². The van der Waals surface area contributed by atoms with Crippen LogP contribution in [0.3, 0.4) is 0 Å². The van der Waals surface area contributed by atoms with Crippen LogP contribution in [0.2, 0.25) is 0 Å². The summed E-state index contributed by atoms with van der Waals surface area (Å²) >= 11 is 0. The lowest BCUT2D eigenvalue weighted by Gasteiger charge is -2.25. The molecule has 0 amide bonds. The normalized spacial score (nSPS) is 11.0. The zero-order chi connectivity index (χ0) is 11.7. The van der Waals surface area contributed by atoms with Crippen LogP contribution in [0.5, 0.6) is 0 Å². The van der Waals surface area contributed by atoms with Crippen molar-refractivity contribution in [1.29, 1.82) is 0 Å². The number of anilines is 2. The van der Waals surface area contributed by atoms with Gasteiger partial charge in [-0.1, -0.05) is 0 Å². The lowest BCUT2D eigenvalue weighted by molar-refractivity contribution is 0.756. The van der Waals surface area contributed by atoms with Crippen molar-refractivity contribution < 1.29 is 0 Å². The molecule has 2 aromatic rings. The standard InChI is InChI=1S/C13H17N3/c1-9(2)16(3)12-7-6-11-10(13(12)14)5-4-8-15-11/h4-9H,14H2,1-3H3. The molecule has 0 saturated carbocycles. The molecule has 16 heavy (non-hydrogen) atoms. The highest BCUT2D eigenvalue weighted by Crippen LogP contribution is 2.30. The zero-order valence-electron chi connectivity index (χ0n) is 9.94. The van der Waals surface area contributed by atoms with E-state index in [1.54, 1.807) is 6.20 Å². The van der Waals surface area contributed by atoms with E-state index in [1.807, 2.05) is 24.3 Å². The SMILES string of the molecule is CC(C)N(C)c1ccc2ncccc2c1N. The van der Waals surface area contributed by atoms with Gasteiger partial charge in [0.25, 0.3) is 0 Å². The Kier molecular flexibility index (Phi) is 2.69. The lowest BCUT2D eigenvalue weighted by Crippen LogP contribution is -2.26. The molecule has 0 fully saturated rings. The van der Waals surface area contributed by atoms with Crippen molar-refractivity contribution in [2.45, 2.75) is 19.9 Å². The highest BCUT2D eigenvalue weighted by atomic mass is 15.1. The molecule has 2 rings (SSSR count). The minimum Gasteiger partial charge on any atom is -0.396 e. The molecule has 1 aromatic heterocycles. The van der Waals surface area contributed by atoms with E-state index in [-0.39, 0.29) is 0 Å². The lowest BCUT2D eigenvalue weighted by atomic mass is 10.1. The quantitative estimate of drug-likeness (QED) is 0.783. The van der Waals surface area contributed by atoms with E-state index in [9.17, 15) is 0 Å². The summed E-state index contributed by atoms with van der Waals surface area (Å²) in [6.45, 7) is 4.29. The number of fused-ring (bicyclic) bond motifs is 1. The van der Waals surface area contributed by atoms with Crippen LogP contribution in [0.1, 0.15) is 13.8 Å². The van der Waals surface area contributed by atoms with E-state index < -0.39 is 0 Å². The number of pyridine rings is 1. The van der Waals surface area contributed by atoms with Crippen molar-refractivity contribution in [2.75, 3.05) is 17.7 Å². The van der Waals surface area contributed by atoms with Crippen LogP contribution < -0.4 is 10.6 Å². The van der Waals surface area contributed by atoms with E-state index in [0.717, 1.165) is 22.3 Å². The molecule has 2 N–H and O–H groups in total. The first-order chi connectivity index (χ1) is 7.61. The minimum atomic E-state index is 0.427. The fourth-order valence-corrected chi connectivity index (χ4v) is 1.75. The zero-order valence-corrected chi connectivity index (χ0v) is 9.94. The summed E-state index contributed by atoms with van der Waals surface area (Å²) in [5, 5.41) is 1.02. The predicted octanol–water partition coefficient (Wildman–Crippen LogP) is 2.66. The molecule has 3 heteroatoms. The van der Waals surface area contributed by atoms with Gasteiger partial charge >= 0.3 is 0 Å². The molecule has 0 aliphatic heterocycles. The first kappa shape index (κ1) is 10.7. The molecule has 0 atom stereocenters. The van der Waals surface area contributed by atoms with Gasteiger partial charge in [-0.3, -0.25) is 4.98 Å². The number of hydrogen-bond acceptors (Lipinski definition) is 3. The Bertz CT molecular complexity index is 506. The number of hydrogen-bond donors (Lipinski definition) is 1. The number of benzene rings is 1. The fourth-order valence-electron chi connectivity index (χ4n) is 1.75. The third-order valence-corrected chi connectivity index (χ3v) is 2.96. The van der Waals surface area contributed by atoms with E-state index in [0.29, 0.717) is 6.04 Å². The molecule has 84 valence electrons. The second kappa shape index (κ2) is 4.00. The van der Waals surface area contributed by atoms with Crippen molar-refractivity contribution in [3.05, 3.63) is 30.5 Å². The van der Waals surface area contributed by atoms with Gasteiger partial charge in [0.05, 0.1) is 16.9 Å². The largest absolute Gasteiger partial charge is 0.396 e. The van der Waals surface area contributed by atoms with Crippen LogP contribution in [0, 0.1) is 0 Å². The Hall–Kier alpha value is -1.77. The predicted molar refractivity (Wildman–Crippen MR) is 69.7 cm³/mol. The van der Waals surface area contributed by atoms with Crippen molar-refractivity contribution in [3.63, 3.8) is 0 Å². The maximum absolute atomic E-state index is 6.18. The summed E-state index contributed by atoms with van der Waals surface area (Å²) in [6, 6.07) is 8.40. The molecule has 0 aliphatic rings. The molecular weight excluding hydrogens is 198 g/mol. The molecule has 0 bridgehead atoms. The van der Waals surface area contributed by atoms with Gasteiger partial charge in [-0.25, -0.2) is 0 Å². The van der Waals surface area contributed by atoms with Crippen molar-refractivity contribution in [1.82, 2.24) is 4.98 Å². The third-order valence-electron chi connectivity index (χ3n) is 2.96. The van der Waals surface area contributed by atoms with Gasteiger partial charge in [0.15, 0.2) is 0 Å². The Morgan fingerprint density at radius 3 is 2.69 bits per heavy atom. The smallest absolute Gasteiger partial charge is 0.0724 e. The molecule has 0 aliphatic carbocycles. The molecule has 0 saturated heterocycles. The Morgan fingerprint density at radius 1 is 1.25 bits per heavy atom. The van der Waals surface area contributed by atoms with E-state index >= 15 is 0 Å². The topological polar surface area (TPSA) is 42.2 Å². The van der Waals surface area contributed by atoms with Gasteiger partial charge in [0.2, 0.25) is 0 Å². The van der Waals surface area contributed by atoms with Gasteiger partial charge in [-0.2, -0.15) is 0 Å². The van der Waals surface area contributed by atoms with E-state index in [1.165, 1.54) is 0 Å². The van der Waals surface area contributed by atoms with Crippen LogP contribution in [-0.4, -0.2) is 18.1 Å². The average Bonchev–Trinajstić information content (AvgIpc) is 2.29.